The second kappa shape index (κ2) is 11.3. The van der Waals surface area contributed by atoms with E-state index in [1.807, 2.05) is 48.7 Å². The number of halogens is 1. The van der Waals surface area contributed by atoms with Crippen LogP contribution in [0.4, 0.5) is 4.39 Å². The third-order valence-corrected chi connectivity index (χ3v) is 7.01. The van der Waals surface area contributed by atoms with Gasteiger partial charge in [-0.2, -0.15) is 0 Å². The Bertz CT molecular complexity index is 1500. The van der Waals surface area contributed by atoms with Gasteiger partial charge < -0.3 is 14.6 Å². The molecular formula is C29H25FN4O2S. The Balaban J connectivity index is 1.28. The normalized spacial score (nSPS) is 11.0. The van der Waals surface area contributed by atoms with Gasteiger partial charge in [-0.25, -0.2) is 9.37 Å². The highest BCUT2D eigenvalue weighted by molar-refractivity contribution is 7.98. The van der Waals surface area contributed by atoms with E-state index in [1.54, 1.807) is 37.2 Å². The Morgan fingerprint density at radius 3 is 2.38 bits per heavy atom. The second-order valence-corrected chi connectivity index (χ2v) is 9.43. The maximum Gasteiger partial charge on any atom is 0.251 e. The number of hydrogen-bond donors (Lipinski definition) is 1. The highest BCUT2D eigenvalue weighted by Gasteiger charge is 2.13. The van der Waals surface area contributed by atoms with Crippen molar-refractivity contribution < 1.29 is 13.9 Å². The lowest BCUT2D eigenvalue weighted by molar-refractivity contribution is 0.0951. The first-order valence-corrected chi connectivity index (χ1v) is 12.7. The van der Waals surface area contributed by atoms with Crippen molar-refractivity contribution in [3.8, 4) is 5.75 Å². The molecule has 1 N–H and O–H groups in total. The molecule has 37 heavy (non-hydrogen) atoms. The number of methoxy groups -OCH3 is 1. The highest BCUT2D eigenvalue weighted by atomic mass is 32.2. The molecule has 0 aliphatic carbocycles. The molecule has 5 aromatic rings. The molecule has 0 fully saturated rings. The molecule has 3 aromatic carbocycles. The van der Waals surface area contributed by atoms with E-state index in [2.05, 4.69) is 27.0 Å². The summed E-state index contributed by atoms with van der Waals surface area (Å²) in [5.41, 5.74) is 5.48. The van der Waals surface area contributed by atoms with Crippen LogP contribution in [0.1, 0.15) is 27.0 Å². The number of pyridine rings is 1. The Morgan fingerprint density at radius 2 is 1.65 bits per heavy atom. The van der Waals surface area contributed by atoms with Crippen molar-refractivity contribution in [1.82, 2.24) is 19.9 Å². The molecular weight excluding hydrogens is 487 g/mol. The average molecular weight is 513 g/mol. The lowest BCUT2D eigenvalue weighted by Crippen LogP contribution is -2.22. The van der Waals surface area contributed by atoms with Gasteiger partial charge in [0.25, 0.3) is 5.91 Å². The molecule has 2 aromatic heterocycles. The fourth-order valence-electron chi connectivity index (χ4n) is 3.91. The van der Waals surface area contributed by atoms with Crippen LogP contribution in [-0.4, -0.2) is 27.6 Å². The minimum absolute atomic E-state index is 0.177. The highest BCUT2D eigenvalue weighted by Crippen LogP contribution is 2.28. The predicted octanol–water partition coefficient (Wildman–Crippen LogP) is 5.85. The van der Waals surface area contributed by atoms with Gasteiger partial charge in [0.15, 0.2) is 5.16 Å². The quantitative estimate of drug-likeness (QED) is 0.251. The van der Waals surface area contributed by atoms with Crippen LogP contribution in [0.15, 0.2) is 96.4 Å². The summed E-state index contributed by atoms with van der Waals surface area (Å²) in [6.07, 6.45) is 3.58. The van der Waals surface area contributed by atoms with Crippen LogP contribution in [-0.2, 0) is 18.8 Å². The molecule has 0 aliphatic heterocycles. The zero-order valence-electron chi connectivity index (χ0n) is 20.2. The topological polar surface area (TPSA) is 69.0 Å². The molecule has 0 bridgehead atoms. The van der Waals surface area contributed by atoms with Gasteiger partial charge in [0.05, 0.1) is 30.9 Å². The summed E-state index contributed by atoms with van der Waals surface area (Å²) in [7, 11) is 1.66. The number of imidazole rings is 1. The first-order valence-electron chi connectivity index (χ1n) is 11.8. The Labute approximate surface area is 218 Å². The van der Waals surface area contributed by atoms with Gasteiger partial charge in [-0.15, -0.1) is 0 Å². The van der Waals surface area contributed by atoms with Crippen LogP contribution in [0.2, 0.25) is 0 Å². The van der Waals surface area contributed by atoms with E-state index in [1.165, 1.54) is 17.7 Å². The van der Waals surface area contributed by atoms with E-state index in [-0.39, 0.29) is 11.7 Å². The monoisotopic (exact) mass is 512 g/mol. The third-order valence-electron chi connectivity index (χ3n) is 5.97. The van der Waals surface area contributed by atoms with Crippen molar-refractivity contribution in [2.24, 2.45) is 0 Å². The average Bonchev–Trinajstić information content (AvgIpc) is 3.29. The molecule has 2 heterocycles. The molecule has 1 amide bonds. The number of ether oxygens (including phenoxy) is 1. The van der Waals surface area contributed by atoms with Crippen molar-refractivity contribution in [2.75, 3.05) is 7.11 Å². The lowest BCUT2D eigenvalue weighted by atomic mass is 10.1. The van der Waals surface area contributed by atoms with Gasteiger partial charge in [0.2, 0.25) is 0 Å². The predicted molar refractivity (Wildman–Crippen MR) is 143 cm³/mol. The minimum atomic E-state index is -0.297. The fourth-order valence-corrected chi connectivity index (χ4v) is 4.88. The van der Waals surface area contributed by atoms with E-state index in [0.717, 1.165) is 38.8 Å². The summed E-state index contributed by atoms with van der Waals surface area (Å²) in [6.45, 7) is 0.939. The number of nitrogens with one attached hydrogen (secondary N) is 1. The summed E-state index contributed by atoms with van der Waals surface area (Å²) < 4.78 is 20.5. The van der Waals surface area contributed by atoms with E-state index in [0.29, 0.717) is 18.7 Å². The number of fused-ring (bicyclic) bond motifs is 1. The Kier molecular flexibility index (Phi) is 7.46. The van der Waals surface area contributed by atoms with Crippen LogP contribution >= 0.6 is 11.8 Å². The first kappa shape index (κ1) is 24.5. The van der Waals surface area contributed by atoms with E-state index < -0.39 is 0 Å². The molecule has 0 saturated carbocycles. The Morgan fingerprint density at radius 1 is 0.946 bits per heavy atom. The number of amides is 1. The molecule has 0 atom stereocenters. The largest absolute Gasteiger partial charge is 0.497 e. The second-order valence-electron chi connectivity index (χ2n) is 8.49. The number of nitrogens with zero attached hydrogens (tertiary/aromatic N) is 3. The third kappa shape index (κ3) is 5.98. The summed E-state index contributed by atoms with van der Waals surface area (Å²) in [5.74, 6) is 1.13. The van der Waals surface area contributed by atoms with E-state index >= 15 is 0 Å². The SMILES string of the molecule is COc1ccc(CSc2nc3ccncc3n2Cc2ccc(C(=O)NCc3ccc(F)cc3)cc2)cc1. The summed E-state index contributed by atoms with van der Waals surface area (Å²) in [5, 5.41) is 3.78. The van der Waals surface area contributed by atoms with Crippen LogP contribution in [0, 0.1) is 5.82 Å². The Hall–Kier alpha value is -4.17. The lowest BCUT2D eigenvalue weighted by Gasteiger charge is -2.10. The molecule has 186 valence electrons. The number of benzene rings is 3. The standard InChI is InChI=1S/C29H25FN4O2S/c1-36-25-12-6-22(7-13-25)19-37-29-33-26-14-15-31-17-27(26)34(29)18-21-2-8-23(9-3-21)28(35)32-16-20-4-10-24(30)11-5-20/h2-15,17H,16,18-19H2,1H3,(H,32,35). The van der Waals surface area contributed by atoms with Crippen molar-refractivity contribution >= 4 is 28.7 Å². The van der Waals surface area contributed by atoms with Crippen molar-refractivity contribution in [1.29, 1.82) is 0 Å². The number of carbonyl (C=O) groups is 1. The van der Waals surface area contributed by atoms with Crippen molar-refractivity contribution in [3.05, 3.63) is 119 Å². The van der Waals surface area contributed by atoms with Gasteiger partial charge in [-0.05, 0) is 59.2 Å². The first-order chi connectivity index (χ1) is 18.1. The van der Waals surface area contributed by atoms with Gasteiger partial charge >= 0.3 is 0 Å². The number of aromatic nitrogens is 3. The van der Waals surface area contributed by atoms with Crippen LogP contribution in [0.25, 0.3) is 11.0 Å². The maximum atomic E-state index is 13.1. The summed E-state index contributed by atoms with van der Waals surface area (Å²) in [4.78, 5) is 21.7. The van der Waals surface area contributed by atoms with Crippen molar-refractivity contribution in [2.45, 2.75) is 24.0 Å². The van der Waals surface area contributed by atoms with Gasteiger partial charge in [0.1, 0.15) is 11.6 Å². The van der Waals surface area contributed by atoms with Crippen LogP contribution in [0.3, 0.4) is 0 Å². The summed E-state index contributed by atoms with van der Waals surface area (Å²) >= 11 is 1.67. The van der Waals surface area contributed by atoms with Crippen LogP contribution < -0.4 is 10.1 Å². The van der Waals surface area contributed by atoms with Gasteiger partial charge in [-0.3, -0.25) is 9.78 Å². The van der Waals surface area contributed by atoms with Gasteiger partial charge in [-0.1, -0.05) is 48.2 Å². The number of rotatable bonds is 9. The fraction of sp³-hybridized carbons (Fsp3) is 0.138. The van der Waals surface area contributed by atoms with Crippen molar-refractivity contribution in [3.63, 3.8) is 0 Å². The smallest absolute Gasteiger partial charge is 0.251 e. The van der Waals surface area contributed by atoms with Crippen LogP contribution in [0.5, 0.6) is 5.75 Å². The zero-order chi connectivity index (χ0) is 25.6. The molecule has 0 spiro atoms. The number of thioether (sulfide) groups is 1. The van der Waals surface area contributed by atoms with Gasteiger partial charge in [0, 0.05) is 24.1 Å². The molecule has 0 radical (unpaired) electrons. The van der Waals surface area contributed by atoms with E-state index in [9.17, 15) is 9.18 Å². The molecule has 0 saturated heterocycles. The van der Waals surface area contributed by atoms with E-state index in [4.69, 9.17) is 9.72 Å². The molecule has 6 nitrogen and oxygen atoms in total. The zero-order valence-corrected chi connectivity index (χ0v) is 21.0. The molecule has 0 unspecified atom stereocenters. The molecule has 0 aliphatic rings. The molecule has 8 heteroatoms. The summed E-state index contributed by atoms with van der Waals surface area (Å²) in [6, 6.07) is 23.6. The number of carbonyl (C=O) groups excluding carboxylic acids is 1. The number of hydrogen-bond acceptors (Lipinski definition) is 5. The molecule has 5 rings (SSSR count). The maximum absolute atomic E-state index is 13.1. The minimum Gasteiger partial charge on any atom is -0.497 e.